The highest BCUT2D eigenvalue weighted by Gasteiger charge is 3.03. The summed E-state index contributed by atoms with van der Waals surface area (Å²) in [6, 6.07) is 0. The lowest BCUT2D eigenvalue weighted by molar-refractivity contribution is -0.191. The topological polar surface area (TPSA) is 18.5 Å². The molecule has 7 aliphatic rings. The monoisotopic (exact) mass is 254 g/mol. The smallest absolute Gasteiger partial charge is 0.187 e. The van der Waals surface area contributed by atoms with Gasteiger partial charge in [-0.3, -0.25) is 0 Å². The third-order valence-electron chi connectivity index (χ3n) is 6.20. The van der Waals surface area contributed by atoms with E-state index in [-0.39, 0.29) is 10.1 Å². The van der Waals surface area contributed by atoms with E-state index in [2.05, 4.69) is 15.9 Å². The van der Waals surface area contributed by atoms with Gasteiger partial charge in [0.05, 0.1) is 17.5 Å². The molecule has 2 bridgehead atoms. The SMILES string of the molecule is BrC12[C@@H]3[C@@H]4C([C@H]5[C@H]([C@@H]43)[C@H]51)C21OCCO1. The number of ether oxygens (including phenoxy) is 2. The van der Waals surface area contributed by atoms with E-state index in [9.17, 15) is 0 Å². The van der Waals surface area contributed by atoms with Crippen LogP contribution in [0.15, 0.2) is 0 Å². The minimum Gasteiger partial charge on any atom is -0.346 e. The Hall–Kier alpha value is 0.400. The summed E-state index contributed by atoms with van der Waals surface area (Å²) in [5, 5.41) is 0. The Labute approximate surface area is 90.4 Å². The summed E-state index contributed by atoms with van der Waals surface area (Å²) in [5.74, 6) is 6.56. The van der Waals surface area contributed by atoms with Crippen LogP contribution in [-0.4, -0.2) is 23.3 Å². The third-order valence-corrected chi connectivity index (χ3v) is 7.81. The first-order valence-electron chi connectivity index (χ1n) is 5.79. The number of hydrogen-bond acceptors (Lipinski definition) is 2. The van der Waals surface area contributed by atoms with E-state index in [1.165, 1.54) is 0 Å². The second kappa shape index (κ2) is 1.47. The van der Waals surface area contributed by atoms with Crippen LogP contribution in [0.25, 0.3) is 0 Å². The molecule has 2 unspecified atom stereocenters. The zero-order chi connectivity index (χ0) is 8.87. The van der Waals surface area contributed by atoms with Gasteiger partial charge in [-0.15, -0.1) is 0 Å². The fourth-order valence-electron chi connectivity index (χ4n) is 6.30. The van der Waals surface area contributed by atoms with Gasteiger partial charge in [-0.1, -0.05) is 15.9 Å². The summed E-state index contributed by atoms with van der Waals surface area (Å²) in [6.45, 7) is 1.64. The second-order valence-electron chi connectivity index (χ2n) is 6.02. The molecule has 6 saturated carbocycles. The molecule has 14 heavy (non-hydrogen) atoms. The number of hydrogen-bond donors (Lipinski definition) is 0. The maximum absolute atomic E-state index is 6.04. The number of halogens is 1. The number of rotatable bonds is 0. The molecule has 1 heterocycles. The first-order chi connectivity index (χ1) is 6.82. The summed E-state index contributed by atoms with van der Waals surface area (Å²) in [5.41, 5.74) is 0. The van der Waals surface area contributed by atoms with Crippen LogP contribution >= 0.6 is 15.9 Å². The van der Waals surface area contributed by atoms with Crippen LogP contribution in [0.4, 0.5) is 0 Å². The average molecular weight is 255 g/mol. The predicted molar refractivity (Wildman–Crippen MR) is 50.7 cm³/mol. The molecule has 1 aliphatic heterocycles. The van der Waals surface area contributed by atoms with Crippen LogP contribution in [0, 0.1) is 41.4 Å². The molecule has 1 saturated heterocycles. The highest BCUT2D eigenvalue weighted by molar-refractivity contribution is 9.10. The molecule has 2 nitrogen and oxygen atoms in total. The maximum Gasteiger partial charge on any atom is 0.187 e. The van der Waals surface area contributed by atoms with Crippen molar-refractivity contribution in [3.05, 3.63) is 0 Å². The molecular weight excluding hydrogens is 244 g/mol. The van der Waals surface area contributed by atoms with Crippen molar-refractivity contribution in [2.75, 3.05) is 13.2 Å². The van der Waals surface area contributed by atoms with Gasteiger partial charge in [-0.25, -0.2) is 0 Å². The highest BCUT2D eigenvalue weighted by Crippen LogP contribution is 3.00. The molecule has 3 heteroatoms. The van der Waals surface area contributed by atoms with Crippen LogP contribution in [0.5, 0.6) is 0 Å². The van der Waals surface area contributed by atoms with Gasteiger partial charge in [-0.05, 0) is 35.5 Å². The van der Waals surface area contributed by atoms with Crippen molar-refractivity contribution < 1.29 is 9.47 Å². The van der Waals surface area contributed by atoms with E-state index < -0.39 is 0 Å². The Morgan fingerprint density at radius 3 is 1.86 bits per heavy atom. The summed E-state index contributed by atoms with van der Waals surface area (Å²) in [4.78, 5) is 0. The minimum absolute atomic E-state index is 0.166. The molecule has 74 valence electrons. The van der Waals surface area contributed by atoms with Crippen LogP contribution in [-0.2, 0) is 9.47 Å². The molecule has 0 aromatic rings. The Balaban J connectivity index is 1.70. The molecule has 0 radical (unpaired) electrons. The third kappa shape index (κ3) is 0.344. The van der Waals surface area contributed by atoms with E-state index in [1.54, 1.807) is 0 Å². The van der Waals surface area contributed by atoms with Gasteiger partial charge in [0.15, 0.2) is 5.79 Å². The Bertz CT molecular complexity index is 367. The minimum atomic E-state index is -0.166. The van der Waals surface area contributed by atoms with Gasteiger partial charge in [-0.2, -0.15) is 0 Å². The van der Waals surface area contributed by atoms with Gasteiger partial charge in [0.1, 0.15) is 0 Å². The number of alkyl halides is 1. The largest absolute Gasteiger partial charge is 0.346 e. The fourth-order valence-corrected chi connectivity index (χ4v) is 8.02. The van der Waals surface area contributed by atoms with Gasteiger partial charge in [0.2, 0.25) is 0 Å². The molecule has 6 aliphatic carbocycles. The van der Waals surface area contributed by atoms with Crippen LogP contribution in [0.1, 0.15) is 0 Å². The normalized spacial score (nSPS) is 81.6. The molecule has 0 N–H and O–H groups in total. The zero-order valence-electron chi connectivity index (χ0n) is 7.65. The van der Waals surface area contributed by atoms with Gasteiger partial charge < -0.3 is 9.47 Å². The first kappa shape index (κ1) is 6.87. The summed E-state index contributed by atoms with van der Waals surface area (Å²) in [7, 11) is 0. The average Bonchev–Trinajstić information content (AvgIpc) is 2.87. The van der Waals surface area contributed by atoms with Crippen LogP contribution in [0.3, 0.4) is 0 Å². The van der Waals surface area contributed by atoms with E-state index in [0.29, 0.717) is 0 Å². The van der Waals surface area contributed by atoms with Crippen LogP contribution < -0.4 is 0 Å². The van der Waals surface area contributed by atoms with Crippen LogP contribution in [0.2, 0.25) is 0 Å². The standard InChI is InChI=1S/C11H11BrO2/c12-10-7-3-4-6(8(4)10)9(5(3)7)11(10)13-1-2-14-11/h3-9H,1-2H2/t3-,4-,5-,6+,7+,8-,9?,10?/m0/s1. The lowest BCUT2D eigenvalue weighted by Crippen LogP contribution is -2.49. The summed E-state index contributed by atoms with van der Waals surface area (Å²) < 4.78 is 12.3. The Morgan fingerprint density at radius 1 is 0.857 bits per heavy atom. The van der Waals surface area contributed by atoms with E-state index in [0.717, 1.165) is 54.6 Å². The van der Waals surface area contributed by atoms with Gasteiger partial charge >= 0.3 is 0 Å². The lowest BCUT2D eigenvalue weighted by Gasteiger charge is -2.37. The quantitative estimate of drug-likeness (QED) is 0.606. The van der Waals surface area contributed by atoms with Gasteiger partial charge in [0.25, 0.3) is 0 Å². The molecule has 0 amide bonds. The van der Waals surface area contributed by atoms with Crippen molar-refractivity contribution >= 4 is 15.9 Å². The highest BCUT2D eigenvalue weighted by atomic mass is 79.9. The molecular formula is C11H11BrO2. The molecule has 1 spiro atoms. The zero-order valence-corrected chi connectivity index (χ0v) is 9.24. The maximum atomic E-state index is 6.04. The van der Waals surface area contributed by atoms with Crippen molar-refractivity contribution in [3.8, 4) is 0 Å². The van der Waals surface area contributed by atoms with Crippen molar-refractivity contribution in [1.82, 2.24) is 0 Å². The Morgan fingerprint density at radius 2 is 1.43 bits per heavy atom. The molecule has 0 aromatic carbocycles. The predicted octanol–water partition coefficient (Wildman–Crippen LogP) is 1.24. The summed E-state index contributed by atoms with van der Waals surface area (Å²) >= 11 is 4.06. The van der Waals surface area contributed by atoms with Crippen molar-refractivity contribution in [3.63, 3.8) is 0 Å². The van der Waals surface area contributed by atoms with Crippen molar-refractivity contribution in [1.29, 1.82) is 0 Å². The lowest BCUT2D eigenvalue weighted by atomic mass is 9.98. The summed E-state index contributed by atoms with van der Waals surface area (Å²) in [6.07, 6.45) is 0. The fraction of sp³-hybridized carbons (Fsp3) is 1.00. The van der Waals surface area contributed by atoms with Crippen molar-refractivity contribution in [2.24, 2.45) is 41.4 Å². The molecule has 8 atom stereocenters. The van der Waals surface area contributed by atoms with E-state index in [1.807, 2.05) is 0 Å². The first-order valence-corrected chi connectivity index (χ1v) is 6.58. The molecule has 7 rings (SSSR count). The van der Waals surface area contributed by atoms with Gasteiger partial charge in [0, 0.05) is 5.92 Å². The van der Waals surface area contributed by atoms with Crippen molar-refractivity contribution in [2.45, 2.75) is 10.1 Å². The molecule has 7 fully saturated rings. The van der Waals surface area contributed by atoms with E-state index >= 15 is 0 Å². The van der Waals surface area contributed by atoms with E-state index in [4.69, 9.17) is 9.47 Å². The molecule has 0 aromatic heterocycles. The Kier molecular flexibility index (Phi) is 0.723. The second-order valence-corrected chi connectivity index (χ2v) is 7.33.